The van der Waals surface area contributed by atoms with Crippen LogP contribution in [0.3, 0.4) is 0 Å². The van der Waals surface area contributed by atoms with Gasteiger partial charge in [0.1, 0.15) is 5.82 Å². The first-order valence-corrected chi connectivity index (χ1v) is 8.38. The summed E-state index contributed by atoms with van der Waals surface area (Å²) < 4.78 is 13.3. The number of halogens is 2. The Kier molecular flexibility index (Phi) is 4.93. The predicted octanol–water partition coefficient (Wildman–Crippen LogP) is 1.97. The molecule has 1 saturated heterocycles. The fraction of sp³-hybridized carbons (Fsp3) is 0.278. The van der Waals surface area contributed by atoms with Crippen molar-refractivity contribution >= 4 is 29.1 Å². The Morgan fingerprint density at radius 2 is 2.19 bits per heavy atom. The number of aryl methyl sites for hydroxylation is 1. The van der Waals surface area contributed by atoms with Crippen LogP contribution in [0.5, 0.6) is 0 Å². The number of rotatable bonds is 4. The van der Waals surface area contributed by atoms with Crippen LogP contribution in [0.4, 0.5) is 10.1 Å². The molecule has 26 heavy (non-hydrogen) atoms. The van der Waals surface area contributed by atoms with Crippen LogP contribution in [-0.2, 0) is 16.1 Å². The Bertz CT molecular complexity index is 839. The highest BCUT2D eigenvalue weighted by Crippen LogP contribution is 2.28. The summed E-state index contributed by atoms with van der Waals surface area (Å²) in [6.07, 6.45) is 1.47. The maximum absolute atomic E-state index is 13.3. The van der Waals surface area contributed by atoms with Gasteiger partial charge in [0.2, 0.25) is 5.60 Å². The van der Waals surface area contributed by atoms with Crippen LogP contribution in [0.2, 0.25) is 5.02 Å². The lowest BCUT2D eigenvalue weighted by Crippen LogP contribution is -2.52. The minimum Gasteiger partial charge on any atom is -0.372 e. The predicted molar refractivity (Wildman–Crippen MR) is 94.2 cm³/mol. The molecular formula is C18H17ClFN3O3. The van der Waals surface area contributed by atoms with Gasteiger partial charge in [-0.1, -0.05) is 11.6 Å². The van der Waals surface area contributed by atoms with E-state index in [9.17, 15) is 19.1 Å². The van der Waals surface area contributed by atoms with Crippen molar-refractivity contribution in [2.75, 3.05) is 11.4 Å². The van der Waals surface area contributed by atoms with Gasteiger partial charge in [0.05, 0.1) is 11.9 Å². The van der Waals surface area contributed by atoms with Crippen molar-refractivity contribution in [3.05, 3.63) is 58.6 Å². The van der Waals surface area contributed by atoms with Gasteiger partial charge in [-0.3, -0.25) is 14.6 Å². The zero-order valence-electron chi connectivity index (χ0n) is 14.0. The third kappa shape index (κ3) is 3.54. The van der Waals surface area contributed by atoms with Crippen LogP contribution in [-0.4, -0.2) is 34.1 Å². The van der Waals surface area contributed by atoms with Crippen LogP contribution in [0.1, 0.15) is 17.7 Å². The van der Waals surface area contributed by atoms with Crippen molar-refractivity contribution in [2.24, 2.45) is 0 Å². The molecule has 3 rings (SSSR count). The lowest BCUT2D eigenvalue weighted by atomic mass is 10.0. The van der Waals surface area contributed by atoms with E-state index in [1.54, 1.807) is 12.1 Å². The lowest BCUT2D eigenvalue weighted by molar-refractivity contribution is -0.149. The second-order valence-corrected chi connectivity index (χ2v) is 6.62. The van der Waals surface area contributed by atoms with Gasteiger partial charge in [0.25, 0.3) is 11.8 Å². The molecule has 1 aliphatic heterocycles. The smallest absolute Gasteiger partial charge is 0.268 e. The summed E-state index contributed by atoms with van der Waals surface area (Å²) in [4.78, 5) is 30.4. The first-order chi connectivity index (χ1) is 12.3. The monoisotopic (exact) mass is 377 g/mol. The summed E-state index contributed by atoms with van der Waals surface area (Å²) in [6.45, 7) is 1.95. The number of hydrogen-bond donors (Lipinski definition) is 2. The van der Waals surface area contributed by atoms with Crippen LogP contribution >= 0.6 is 11.6 Å². The normalized spacial score (nSPS) is 19.7. The van der Waals surface area contributed by atoms with Crippen molar-refractivity contribution in [1.29, 1.82) is 0 Å². The van der Waals surface area contributed by atoms with Crippen LogP contribution in [0.15, 0.2) is 36.5 Å². The maximum Gasteiger partial charge on any atom is 0.268 e. The SMILES string of the molecule is Cc1ccc(N2CC[C@@](O)(C(=O)NCc3cc(F)cc(Cl)c3)C2=O)cn1. The van der Waals surface area contributed by atoms with E-state index in [0.29, 0.717) is 11.3 Å². The number of nitrogens with one attached hydrogen (secondary N) is 1. The lowest BCUT2D eigenvalue weighted by Gasteiger charge is -2.21. The van der Waals surface area contributed by atoms with Crippen molar-refractivity contribution in [1.82, 2.24) is 10.3 Å². The molecule has 0 spiro atoms. The molecule has 0 saturated carbocycles. The Labute approximate surface area is 154 Å². The summed E-state index contributed by atoms with van der Waals surface area (Å²) in [5.41, 5.74) is -0.428. The highest BCUT2D eigenvalue weighted by atomic mass is 35.5. The van der Waals surface area contributed by atoms with E-state index in [-0.39, 0.29) is 24.5 Å². The maximum atomic E-state index is 13.3. The molecule has 0 radical (unpaired) electrons. The fourth-order valence-corrected chi connectivity index (χ4v) is 3.07. The molecule has 2 heterocycles. The standard InChI is InChI=1S/C18H17ClFN3O3/c1-11-2-3-15(10-21-11)23-5-4-18(26,17(23)25)16(24)22-9-12-6-13(19)8-14(20)7-12/h2-3,6-8,10,26H,4-5,9H2,1H3,(H,22,24)/t18-/m1/s1. The van der Waals surface area contributed by atoms with Crippen molar-refractivity contribution in [3.8, 4) is 0 Å². The second kappa shape index (κ2) is 7.01. The molecular weight excluding hydrogens is 361 g/mol. The molecule has 8 heteroatoms. The van der Waals surface area contributed by atoms with E-state index in [4.69, 9.17) is 11.6 Å². The largest absolute Gasteiger partial charge is 0.372 e. The van der Waals surface area contributed by atoms with E-state index in [1.807, 2.05) is 6.92 Å². The number of hydrogen-bond acceptors (Lipinski definition) is 4. The van der Waals surface area contributed by atoms with E-state index in [0.717, 1.165) is 11.8 Å². The van der Waals surface area contributed by atoms with Gasteiger partial charge < -0.3 is 15.3 Å². The Morgan fingerprint density at radius 3 is 2.85 bits per heavy atom. The topological polar surface area (TPSA) is 82.5 Å². The van der Waals surface area contributed by atoms with Gasteiger partial charge in [-0.25, -0.2) is 4.39 Å². The second-order valence-electron chi connectivity index (χ2n) is 6.19. The van der Waals surface area contributed by atoms with Crippen LogP contribution in [0.25, 0.3) is 0 Å². The first kappa shape index (κ1) is 18.3. The van der Waals surface area contributed by atoms with E-state index in [2.05, 4.69) is 10.3 Å². The Balaban J connectivity index is 1.70. The molecule has 1 aromatic heterocycles. The van der Waals surface area contributed by atoms with Crippen molar-refractivity contribution in [2.45, 2.75) is 25.5 Å². The summed E-state index contributed by atoms with van der Waals surface area (Å²) in [6, 6.07) is 7.31. The zero-order valence-corrected chi connectivity index (χ0v) is 14.8. The number of carbonyl (C=O) groups is 2. The molecule has 0 unspecified atom stereocenters. The van der Waals surface area contributed by atoms with Crippen LogP contribution in [0, 0.1) is 12.7 Å². The molecule has 1 aliphatic rings. The number of benzene rings is 1. The van der Waals surface area contributed by atoms with Gasteiger partial charge in [-0.05, 0) is 42.8 Å². The van der Waals surface area contributed by atoms with Crippen molar-refractivity contribution < 1.29 is 19.1 Å². The van der Waals surface area contributed by atoms with Gasteiger partial charge in [0, 0.05) is 30.2 Å². The summed E-state index contributed by atoms with van der Waals surface area (Å²) in [7, 11) is 0. The number of nitrogens with zero attached hydrogens (tertiary/aromatic N) is 2. The molecule has 2 N–H and O–H groups in total. The number of amides is 2. The molecule has 0 aliphatic carbocycles. The fourth-order valence-electron chi connectivity index (χ4n) is 2.82. The number of pyridine rings is 1. The first-order valence-electron chi connectivity index (χ1n) is 8.00. The third-order valence-corrected chi connectivity index (χ3v) is 4.47. The zero-order chi connectivity index (χ0) is 18.9. The highest BCUT2D eigenvalue weighted by molar-refractivity contribution is 6.30. The molecule has 0 bridgehead atoms. The van der Waals surface area contributed by atoms with Crippen molar-refractivity contribution in [3.63, 3.8) is 0 Å². The summed E-state index contributed by atoms with van der Waals surface area (Å²) in [5, 5.41) is 13.2. The third-order valence-electron chi connectivity index (χ3n) is 4.25. The van der Waals surface area contributed by atoms with Gasteiger partial charge in [-0.15, -0.1) is 0 Å². The van der Waals surface area contributed by atoms with E-state index in [1.165, 1.54) is 23.2 Å². The summed E-state index contributed by atoms with van der Waals surface area (Å²) >= 11 is 5.77. The molecule has 1 aromatic carbocycles. The summed E-state index contributed by atoms with van der Waals surface area (Å²) in [5.74, 6) is -2.07. The molecule has 1 fully saturated rings. The van der Waals surface area contributed by atoms with E-state index >= 15 is 0 Å². The average molecular weight is 378 g/mol. The molecule has 6 nitrogen and oxygen atoms in total. The van der Waals surface area contributed by atoms with E-state index < -0.39 is 23.2 Å². The molecule has 1 atom stereocenters. The number of aromatic nitrogens is 1. The van der Waals surface area contributed by atoms with Crippen LogP contribution < -0.4 is 10.2 Å². The minimum absolute atomic E-state index is 0.0462. The average Bonchev–Trinajstić information content (AvgIpc) is 2.89. The molecule has 2 amide bonds. The quantitative estimate of drug-likeness (QED) is 0.798. The molecule has 2 aromatic rings. The Hall–Kier alpha value is -2.51. The number of aliphatic hydroxyl groups is 1. The molecule has 136 valence electrons. The minimum atomic E-state index is -2.16. The number of anilines is 1. The number of carbonyl (C=O) groups excluding carboxylic acids is 2. The van der Waals surface area contributed by atoms with Gasteiger partial charge in [-0.2, -0.15) is 0 Å². The Morgan fingerprint density at radius 1 is 1.42 bits per heavy atom. The van der Waals surface area contributed by atoms with Gasteiger partial charge in [0.15, 0.2) is 0 Å². The highest BCUT2D eigenvalue weighted by Gasteiger charge is 2.51. The van der Waals surface area contributed by atoms with Gasteiger partial charge >= 0.3 is 0 Å².